The number of alkyl halides is 3. The first kappa shape index (κ1) is 21.3. The van der Waals surface area contributed by atoms with Crippen molar-refractivity contribution in [2.24, 2.45) is 11.8 Å². The van der Waals surface area contributed by atoms with E-state index in [9.17, 15) is 27.6 Å². The van der Waals surface area contributed by atoms with Crippen molar-refractivity contribution in [3.8, 4) is 0 Å². The molecule has 10 heteroatoms. The second-order valence-corrected chi connectivity index (χ2v) is 8.34. The predicted octanol–water partition coefficient (Wildman–Crippen LogP) is 3.74. The highest BCUT2D eigenvalue weighted by molar-refractivity contribution is 6.09. The highest BCUT2D eigenvalue weighted by atomic mass is 19.4. The van der Waals surface area contributed by atoms with Crippen molar-refractivity contribution in [1.82, 2.24) is 14.9 Å². The number of Topliss-reactive ketones (excluding diaryl/α,β-unsaturated/α-hetero) is 1. The summed E-state index contributed by atoms with van der Waals surface area (Å²) in [6.07, 6.45) is -0.719. The topological polar surface area (TPSA) is 93.1 Å². The molecule has 1 saturated carbocycles. The lowest BCUT2D eigenvalue weighted by atomic mass is 9.80. The molecule has 1 aliphatic carbocycles. The van der Waals surface area contributed by atoms with Crippen molar-refractivity contribution in [2.75, 3.05) is 5.32 Å². The molecular weight excluding hydrogens is 413 g/mol. The highest BCUT2D eigenvalue weighted by Gasteiger charge is 2.68. The lowest BCUT2D eigenvalue weighted by Crippen LogP contribution is -2.64. The molecule has 2 aromatic rings. The fourth-order valence-electron chi connectivity index (χ4n) is 4.68. The normalized spacial score (nSPS) is 22.8. The van der Waals surface area contributed by atoms with Crippen LogP contribution in [0.4, 0.5) is 19.1 Å². The Morgan fingerprint density at radius 2 is 1.94 bits per heavy atom. The van der Waals surface area contributed by atoms with Crippen LogP contribution in [0.25, 0.3) is 11.0 Å². The van der Waals surface area contributed by atoms with Gasteiger partial charge in [0.15, 0.2) is 5.78 Å². The molecule has 1 aliphatic heterocycles. The molecule has 31 heavy (non-hydrogen) atoms. The molecule has 2 aliphatic rings. The zero-order chi connectivity index (χ0) is 22.6. The van der Waals surface area contributed by atoms with Gasteiger partial charge in [-0.2, -0.15) is 13.2 Å². The third-order valence-corrected chi connectivity index (χ3v) is 6.44. The van der Waals surface area contributed by atoms with Crippen molar-refractivity contribution in [2.45, 2.75) is 57.8 Å². The number of rotatable bonds is 4. The Labute approximate surface area is 176 Å². The second kappa shape index (κ2) is 7.35. The van der Waals surface area contributed by atoms with Gasteiger partial charge in [-0.05, 0) is 37.8 Å². The lowest BCUT2D eigenvalue weighted by molar-refractivity contribution is -0.218. The number of carbonyl (C=O) groups is 3. The van der Waals surface area contributed by atoms with Crippen LogP contribution in [0.5, 0.6) is 0 Å². The minimum atomic E-state index is -5.15. The van der Waals surface area contributed by atoms with Crippen LogP contribution in [0.15, 0.2) is 18.2 Å². The van der Waals surface area contributed by atoms with Crippen LogP contribution in [0.3, 0.4) is 0 Å². The number of ketones is 1. The van der Waals surface area contributed by atoms with E-state index >= 15 is 0 Å². The van der Waals surface area contributed by atoms with Crippen LogP contribution in [0.1, 0.15) is 56.3 Å². The van der Waals surface area contributed by atoms with Crippen LogP contribution in [0.2, 0.25) is 0 Å². The van der Waals surface area contributed by atoms with Crippen LogP contribution in [-0.2, 0) is 15.3 Å². The Bertz CT molecular complexity index is 1070. The number of hydrogen-bond donors (Lipinski definition) is 2. The van der Waals surface area contributed by atoms with Crippen molar-refractivity contribution in [3.05, 3.63) is 23.8 Å². The zero-order valence-electron chi connectivity index (χ0n) is 17.2. The number of anilines is 1. The molecule has 0 saturated heterocycles. The Morgan fingerprint density at radius 3 is 2.55 bits per heavy atom. The number of nitrogens with zero attached hydrogens (tertiary/aromatic N) is 2. The molecule has 0 bridgehead atoms. The van der Waals surface area contributed by atoms with Crippen molar-refractivity contribution >= 4 is 34.6 Å². The summed E-state index contributed by atoms with van der Waals surface area (Å²) >= 11 is 0. The molecule has 1 fully saturated rings. The SMILES string of the molecule is CC(=O)c1cccc2c1nc1n2C(NC(=O)C(C)C2CCCCC2)(C(F)(F)F)C(=O)N1. The lowest BCUT2D eigenvalue weighted by Gasteiger charge is -2.34. The molecular formula is C21H23F3N4O3. The first-order valence-corrected chi connectivity index (χ1v) is 10.3. The van der Waals surface area contributed by atoms with Gasteiger partial charge in [0.05, 0.1) is 5.52 Å². The molecule has 2 N–H and O–H groups in total. The van der Waals surface area contributed by atoms with Gasteiger partial charge in [-0.25, -0.2) is 4.98 Å². The fourth-order valence-corrected chi connectivity index (χ4v) is 4.68. The van der Waals surface area contributed by atoms with E-state index in [-0.39, 0.29) is 34.2 Å². The molecule has 0 radical (unpaired) electrons. The first-order chi connectivity index (χ1) is 14.6. The number of hydrogen-bond acceptors (Lipinski definition) is 4. The van der Waals surface area contributed by atoms with Gasteiger partial charge in [0.25, 0.3) is 11.6 Å². The molecule has 0 spiro atoms. The number of amides is 2. The summed E-state index contributed by atoms with van der Waals surface area (Å²) in [7, 11) is 0. The number of nitrogens with one attached hydrogen (secondary N) is 2. The van der Waals surface area contributed by atoms with E-state index in [1.807, 2.05) is 5.32 Å². The zero-order valence-corrected chi connectivity index (χ0v) is 17.2. The number of carbonyl (C=O) groups excluding carboxylic acids is 3. The van der Waals surface area contributed by atoms with Gasteiger partial charge < -0.3 is 5.32 Å². The molecule has 2 unspecified atom stereocenters. The van der Waals surface area contributed by atoms with Crippen LogP contribution >= 0.6 is 0 Å². The maximum atomic E-state index is 14.5. The van der Waals surface area contributed by atoms with E-state index in [2.05, 4.69) is 10.3 Å². The van der Waals surface area contributed by atoms with Crippen LogP contribution in [0, 0.1) is 11.8 Å². The van der Waals surface area contributed by atoms with Gasteiger partial charge in [-0.15, -0.1) is 0 Å². The van der Waals surface area contributed by atoms with E-state index in [0.717, 1.165) is 32.1 Å². The van der Waals surface area contributed by atoms with Gasteiger partial charge in [-0.1, -0.05) is 32.3 Å². The molecule has 2 atom stereocenters. The average molecular weight is 436 g/mol. The molecule has 1 aromatic carbocycles. The van der Waals surface area contributed by atoms with E-state index in [4.69, 9.17) is 0 Å². The van der Waals surface area contributed by atoms with Gasteiger partial charge in [0, 0.05) is 11.5 Å². The second-order valence-electron chi connectivity index (χ2n) is 8.34. The summed E-state index contributed by atoms with van der Waals surface area (Å²) in [6.45, 7) is 2.88. The molecule has 7 nitrogen and oxygen atoms in total. The summed E-state index contributed by atoms with van der Waals surface area (Å²) in [5.41, 5.74) is -3.24. The Hall–Kier alpha value is -2.91. The minimum absolute atomic E-state index is 0.0354. The number of fused-ring (bicyclic) bond motifs is 3. The van der Waals surface area contributed by atoms with Gasteiger partial charge in [0.2, 0.25) is 11.9 Å². The Morgan fingerprint density at radius 1 is 1.26 bits per heavy atom. The van der Waals surface area contributed by atoms with E-state index < -0.39 is 29.6 Å². The Kier molecular flexibility index (Phi) is 5.06. The number of imidazole rings is 1. The summed E-state index contributed by atoms with van der Waals surface area (Å²) in [5.74, 6) is -3.72. The highest BCUT2D eigenvalue weighted by Crippen LogP contribution is 2.45. The molecule has 166 valence electrons. The minimum Gasteiger partial charge on any atom is -0.317 e. The number of benzene rings is 1. The molecule has 2 amide bonds. The fraction of sp³-hybridized carbons (Fsp3) is 0.524. The molecule has 2 heterocycles. The largest absolute Gasteiger partial charge is 0.440 e. The van der Waals surface area contributed by atoms with Gasteiger partial charge >= 0.3 is 6.18 Å². The summed E-state index contributed by atoms with van der Waals surface area (Å²) < 4.78 is 44.1. The Balaban J connectivity index is 1.82. The standard InChI is InChI=1S/C21H23F3N4O3/c1-11(13-7-4-3-5-8-13)17(30)27-20(21(22,23)24)18(31)26-19-25-16-14(12(2)29)9-6-10-15(16)28(19)20/h6,9-11,13H,3-5,7-8H2,1-2H3,(H,27,30)(H,25,26,31). The van der Waals surface area contributed by atoms with Crippen LogP contribution < -0.4 is 10.6 Å². The van der Waals surface area contributed by atoms with Crippen molar-refractivity contribution in [3.63, 3.8) is 0 Å². The van der Waals surface area contributed by atoms with Crippen molar-refractivity contribution in [1.29, 1.82) is 0 Å². The summed E-state index contributed by atoms with van der Waals surface area (Å²) in [6, 6.07) is 4.22. The van der Waals surface area contributed by atoms with Gasteiger partial charge in [0.1, 0.15) is 5.52 Å². The first-order valence-electron chi connectivity index (χ1n) is 10.3. The third-order valence-electron chi connectivity index (χ3n) is 6.44. The van der Waals surface area contributed by atoms with E-state index in [0.29, 0.717) is 4.57 Å². The quantitative estimate of drug-likeness (QED) is 0.714. The maximum absolute atomic E-state index is 14.5. The van der Waals surface area contributed by atoms with Crippen molar-refractivity contribution < 1.29 is 27.6 Å². The number of para-hydroxylation sites is 1. The predicted molar refractivity (Wildman–Crippen MR) is 106 cm³/mol. The molecule has 1 aromatic heterocycles. The number of halogens is 3. The monoisotopic (exact) mass is 436 g/mol. The van der Waals surface area contributed by atoms with E-state index in [1.54, 1.807) is 6.92 Å². The van der Waals surface area contributed by atoms with Crippen LogP contribution in [-0.4, -0.2) is 33.3 Å². The molecule has 4 rings (SSSR count). The third kappa shape index (κ3) is 3.19. The van der Waals surface area contributed by atoms with E-state index in [1.165, 1.54) is 25.1 Å². The summed E-state index contributed by atoms with van der Waals surface area (Å²) in [4.78, 5) is 41.6. The van der Waals surface area contributed by atoms with Gasteiger partial charge in [-0.3, -0.25) is 24.3 Å². The number of aromatic nitrogens is 2. The summed E-state index contributed by atoms with van der Waals surface area (Å²) in [5, 5.41) is 4.17. The smallest absolute Gasteiger partial charge is 0.317 e. The maximum Gasteiger partial charge on any atom is 0.440 e. The average Bonchev–Trinajstić information content (AvgIpc) is 3.21.